The summed E-state index contributed by atoms with van der Waals surface area (Å²) in [4.78, 5) is -0.0899. The van der Waals surface area contributed by atoms with Gasteiger partial charge in [-0.3, -0.25) is 0 Å². The van der Waals surface area contributed by atoms with Crippen molar-refractivity contribution in [3.8, 4) is 5.75 Å². The molecule has 2 aromatic rings. The fourth-order valence-electron chi connectivity index (χ4n) is 1.75. The Morgan fingerprint density at radius 2 is 1.76 bits per heavy atom. The minimum absolute atomic E-state index is 0.00284. The maximum Gasteiger partial charge on any atom is 0.419 e. The molecule has 6 heteroatoms. The van der Waals surface area contributed by atoms with Crippen molar-refractivity contribution in [3.63, 3.8) is 0 Å². The molecule has 0 aliphatic carbocycles. The lowest BCUT2D eigenvalue weighted by atomic mass is 10.2. The van der Waals surface area contributed by atoms with Gasteiger partial charge in [-0.25, -0.2) is 4.39 Å². The van der Waals surface area contributed by atoms with E-state index in [1.54, 1.807) is 24.3 Å². The first-order chi connectivity index (χ1) is 9.91. The molecular weight excluding hydrogens is 304 g/mol. The molecule has 0 radical (unpaired) electrons. The third kappa shape index (κ3) is 3.91. The van der Waals surface area contributed by atoms with Gasteiger partial charge in [0.25, 0.3) is 0 Å². The van der Waals surface area contributed by atoms with Crippen LogP contribution in [0.5, 0.6) is 5.75 Å². The minimum atomic E-state index is -4.75. The van der Waals surface area contributed by atoms with Gasteiger partial charge in [0.05, 0.1) is 5.56 Å². The van der Waals surface area contributed by atoms with Crippen LogP contribution in [0.1, 0.15) is 11.1 Å². The number of rotatable bonds is 4. The molecule has 0 unspecified atom stereocenters. The van der Waals surface area contributed by atoms with E-state index >= 15 is 0 Å². The number of thioether (sulfide) groups is 1. The van der Waals surface area contributed by atoms with Crippen LogP contribution in [-0.2, 0) is 12.8 Å². The molecule has 0 heterocycles. The molecule has 0 aromatic heterocycles. The molecule has 112 valence electrons. The molecule has 0 N–H and O–H groups in total. The second kappa shape index (κ2) is 6.39. The highest BCUT2D eigenvalue weighted by molar-refractivity contribution is 7.98. The number of hydrogen-bond donors (Lipinski definition) is 0. The van der Waals surface area contributed by atoms with E-state index in [-0.39, 0.29) is 17.3 Å². The van der Waals surface area contributed by atoms with Crippen LogP contribution in [0, 0.1) is 5.82 Å². The van der Waals surface area contributed by atoms with Crippen LogP contribution in [-0.4, -0.2) is 6.26 Å². The van der Waals surface area contributed by atoms with E-state index in [0.717, 1.165) is 17.3 Å². The summed E-state index contributed by atoms with van der Waals surface area (Å²) in [5, 5.41) is 0. The quantitative estimate of drug-likeness (QED) is 0.570. The van der Waals surface area contributed by atoms with Gasteiger partial charge in [0.1, 0.15) is 18.2 Å². The lowest BCUT2D eigenvalue weighted by Gasteiger charge is -2.14. The average molecular weight is 316 g/mol. The Morgan fingerprint density at radius 1 is 1.10 bits per heavy atom. The van der Waals surface area contributed by atoms with E-state index in [0.29, 0.717) is 6.07 Å². The first kappa shape index (κ1) is 15.7. The maximum atomic E-state index is 13.7. The molecular formula is C15H12F4OS. The molecule has 0 spiro atoms. The summed E-state index contributed by atoms with van der Waals surface area (Å²) in [7, 11) is 0. The number of alkyl halides is 3. The summed E-state index contributed by atoms with van der Waals surface area (Å²) < 4.78 is 57.5. The van der Waals surface area contributed by atoms with Crippen molar-refractivity contribution in [2.75, 3.05) is 6.26 Å². The minimum Gasteiger partial charge on any atom is -0.489 e. The first-order valence-electron chi connectivity index (χ1n) is 6.03. The molecule has 0 bridgehead atoms. The Hall–Kier alpha value is -1.69. The monoisotopic (exact) mass is 316 g/mol. The lowest BCUT2D eigenvalue weighted by molar-refractivity contribution is -0.140. The third-order valence-electron chi connectivity index (χ3n) is 2.79. The molecule has 0 aliphatic rings. The summed E-state index contributed by atoms with van der Waals surface area (Å²) in [6, 6.07) is 11.0. The van der Waals surface area contributed by atoms with E-state index in [1.807, 2.05) is 6.07 Å². The van der Waals surface area contributed by atoms with Crippen LogP contribution in [0.4, 0.5) is 17.6 Å². The van der Waals surface area contributed by atoms with E-state index in [1.165, 1.54) is 12.3 Å². The molecule has 0 saturated carbocycles. The summed E-state index contributed by atoms with van der Waals surface area (Å²) in [6.07, 6.45) is -3.24. The Bertz CT molecular complexity index is 611. The molecule has 0 atom stereocenters. The van der Waals surface area contributed by atoms with Crippen LogP contribution in [0.15, 0.2) is 47.4 Å². The number of benzene rings is 2. The highest BCUT2D eigenvalue weighted by Gasteiger charge is 2.35. The fraction of sp³-hybridized carbons (Fsp3) is 0.200. The number of hydrogen-bond acceptors (Lipinski definition) is 2. The number of ether oxygens (including phenoxy) is 1. The number of halogens is 4. The second-order valence-electron chi connectivity index (χ2n) is 4.26. The van der Waals surface area contributed by atoms with Crippen molar-refractivity contribution < 1.29 is 22.3 Å². The molecule has 0 aliphatic heterocycles. The van der Waals surface area contributed by atoms with Crippen molar-refractivity contribution >= 4 is 11.8 Å². The van der Waals surface area contributed by atoms with Crippen LogP contribution < -0.4 is 4.74 Å². The second-order valence-corrected chi connectivity index (χ2v) is 5.11. The standard InChI is InChI=1S/C15H12F4OS/c1-21-13-8-11(7-12(14(13)16)15(17,18)19)20-9-10-5-3-2-4-6-10/h2-8H,9H2,1H3. The Kier molecular flexibility index (Phi) is 4.77. The molecule has 0 fully saturated rings. The predicted molar refractivity (Wildman–Crippen MR) is 74.0 cm³/mol. The summed E-state index contributed by atoms with van der Waals surface area (Å²) >= 11 is 0.907. The van der Waals surface area contributed by atoms with E-state index in [9.17, 15) is 17.6 Å². The molecule has 2 aromatic carbocycles. The van der Waals surface area contributed by atoms with Crippen molar-refractivity contribution in [2.45, 2.75) is 17.7 Å². The Morgan fingerprint density at radius 3 is 2.33 bits per heavy atom. The van der Waals surface area contributed by atoms with E-state index < -0.39 is 17.6 Å². The van der Waals surface area contributed by atoms with Crippen LogP contribution in [0.25, 0.3) is 0 Å². The van der Waals surface area contributed by atoms with E-state index in [4.69, 9.17) is 4.74 Å². The molecule has 0 saturated heterocycles. The van der Waals surface area contributed by atoms with Gasteiger partial charge in [0.2, 0.25) is 0 Å². The van der Waals surface area contributed by atoms with Gasteiger partial charge in [-0.15, -0.1) is 11.8 Å². The van der Waals surface area contributed by atoms with E-state index in [2.05, 4.69) is 0 Å². The highest BCUT2D eigenvalue weighted by atomic mass is 32.2. The van der Waals surface area contributed by atoms with Gasteiger partial charge in [-0.2, -0.15) is 13.2 Å². The van der Waals surface area contributed by atoms with Gasteiger partial charge >= 0.3 is 6.18 Å². The smallest absolute Gasteiger partial charge is 0.419 e. The van der Waals surface area contributed by atoms with Crippen molar-refractivity contribution in [1.29, 1.82) is 0 Å². The largest absolute Gasteiger partial charge is 0.489 e. The maximum absolute atomic E-state index is 13.7. The molecule has 2 rings (SSSR count). The van der Waals surface area contributed by atoms with Crippen molar-refractivity contribution in [2.24, 2.45) is 0 Å². The zero-order valence-electron chi connectivity index (χ0n) is 11.1. The lowest BCUT2D eigenvalue weighted by Crippen LogP contribution is -2.09. The van der Waals surface area contributed by atoms with Crippen molar-refractivity contribution in [1.82, 2.24) is 0 Å². The average Bonchev–Trinajstić information content (AvgIpc) is 2.46. The normalized spacial score (nSPS) is 11.5. The Labute approximate surface area is 123 Å². The third-order valence-corrected chi connectivity index (χ3v) is 3.52. The van der Waals surface area contributed by atoms with Gasteiger partial charge in [-0.05, 0) is 24.0 Å². The zero-order valence-corrected chi connectivity index (χ0v) is 11.9. The van der Waals surface area contributed by atoms with Gasteiger partial charge in [-0.1, -0.05) is 30.3 Å². The van der Waals surface area contributed by atoms with Gasteiger partial charge in [0, 0.05) is 4.90 Å². The molecule has 0 amide bonds. The Balaban J connectivity index is 2.27. The van der Waals surface area contributed by atoms with Crippen LogP contribution in [0.2, 0.25) is 0 Å². The van der Waals surface area contributed by atoms with Gasteiger partial charge < -0.3 is 4.74 Å². The van der Waals surface area contributed by atoms with Gasteiger partial charge in [0.15, 0.2) is 0 Å². The topological polar surface area (TPSA) is 9.23 Å². The summed E-state index contributed by atoms with van der Waals surface area (Å²) in [6.45, 7) is 0.123. The summed E-state index contributed by atoms with van der Waals surface area (Å²) in [5.74, 6) is -1.26. The first-order valence-corrected chi connectivity index (χ1v) is 7.25. The summed E-state index contributed by atoms with van der Waals surface area (Å²) in [5.41, 5.74) is -0.488. The SMILES string of the molecule is CSc1cc(OCc2ccccc2)cc(C(F)(F)F)c1F. The van der Waals surface area contributed by atoms with Crippen molar-refractivity contribution in [3.05, 3.63) is 59.4 Å². The van der Waals surface area contributed by atoms with Crippen LogP contribution >= 0.6 is 11.8 Å². The molecule has 21 heavy (non-hydrogen) atoms. The predicted octanol–water partition coefficient (Wildman–Crippen LogP) is 5.15. The fourth-order valence-corrected chi connectivity index (χ4v) is 2.27. The highest BCUT2D eigenvalue weighted by Crippen LogP contribution is 2.38. The molecule has 1 nitrogen and oxygen atoms in total. The zero-order chi connectivity index (χ0) is 15.5. The van der Waals surface area contributed by atoms with Crippen LogP contribution in [0.3, 0.4) is 0 Å².